The van der Waals surface area contributed by atoms with Crippen molar-refractivity contribution < 1.29 is 44.5 Å². The number of hydrogen-bond acceptors (Lipinski definition) is 9. The highest BCUT2D eigenvalue weighted by atomic mass is 32.2. The first-order chi connectivity index (χ1) is 17.1. The zero-order valence-electron chi connectivity index (χ0n) is 21.8. The Morgan fingerprint density at radius 2 is 1.84 bits per heavy atom. The molecule has 17 heteroatoms. The molecule has 4 rings (SSSR count). The van der Waals surface area contributed by atoms with E-state index in [4.69, 9.17) is 18.1 Å². The highest BCUT2D eigenvalue weighted by Gasteiger charge is 2.81. The summed E-state index contributed by atoms with van der Waals surface area (Å²) >= 11 is 0. The molecular weight excluding hydrogens is 555 g/mol. The largest absolute Gasteiger partial charge is 0.471 e. The highest BCUT2D eigenvalue weighted by Crippen LogP contribution is 2.58. The van der Waals surface area contributed by atoms with Crippen molar-refractivity contribution in [2.24, 2.45) is 7.05 Å². The minimum Gasteiger partial charge on any atom is -0.406 e. The zero-order valence-corrected chi connectivity index (χ0v) is 23.7. The Morgan fingerprint density at radius 3 is 2.39 bits per heavy atom. The van der Waals surface area contributed by atoms with Crippen LogP contribution in [0.2, 0.25) is 18.1 Å². The lowest BCUT2D eigenvalue weighted by molar-refractivity contribution is -0.191. The molecule has 3 aliphatic rings. The lowest BCUT2D eigenvalue weighted by atomic mass is 9.84. The van der Waals surface area contributed by atoms with Gasteiger partial charge in [0.1, 0.15) is 18.0 Å². The SMILES string of the molecule is Cc1cn([C@@H]2O[C@@H]3COC4(NC(=O)C(F)(F)F)CS(=O)(=O)O[C@@]34[C@H]2O[Si](C)(C)C(C)(C)C)c(=O)n(C)c1=O. The first-order valence-corrected chi connectivity index (χ1v) is 16.2. The van der Waals surface area contributed by atoms with Gasteiger partial charge in [0.25, 0.3) is 15.7 Å². The summed E-state index contributed by atoms with van der Waals surface area (Å²) in [4.78, 5) is 37.6. The summed E-state index contributed by atoms with van der Waals surface area (Å²) in [5, 5.41) is 1.21. The molecule has 5 atom stereocenters. The van der Waals surface area contributed by atoms with Crippen LogP contribution in [-0.4, -0.2) is 73.8 Å². The van der Waals surface area contributed by atoms with Crippen molar-refractivity contribution >= 4 is 24.3 Å². The molecule has 3 fully saturated rings. The Balaban J connectivity index is 1.97. The maximum atomic E-state index is 13.3. The number of carbonyl (C=O) groups is 1. The molecule has 1 unspecified atom stereocenters. The minimum atomic E-state index is -5.37. The van der Waals surface area contributed by atoms with Crippen molar-refractivity contribution in [3.05, 3.63) is 32.6 Å². The summed E-state index contributed by atoms with van der Waals surface area (Å²) in [6.07, 6.45) is -8.51. The first kappa shape index (κ1) is 28.9. The molecule has 12 nitrogen and oxygen atoms in total. The lowest BCUT2D eigenvalue weighted by Gasteiger charge is -2.45. The number of aromatic nitrogens is 2. The second-order valence-corrected chi connectivity index (χ2v) is 17.7. The van der Waals surface area contributed by atoms with Crippen molar-refractivity contribution in [3.63, 3.8) is 0 Å². The van der Waals surface area contributed by atoms with E-state index in [2.05, 4.69) is 0 Å². The van der Waals surface area contributed by atoms with Crippen LogP contribution in [0.25, 0.3) is 0 Å². The van der Waals surface area contributed by atoms with Crippen molar-refractivity contribution in [3.8, 4) is 0 Å². The average Bonchev–Trinajstić information content (AvgIpc) is 3.27. The van der Waals surface area contributed by atoms with Gasteiger partial charge < -0.3 is 19.2 Å². The number of rotatable bonds is 4. The smallest absolute Gasteiger partial charge is 0.406 e. The number of carbonyl (C=O) groups excluding carboxylic acids is 1. The number of alkyl halides is 3. The maximum absolute atomic E-state index is 13.3. The molecule has 0 bridgehead atoms. The number of amides is 1. The maximum Gasteiger partial charge on any atom is 0.471 e. The number of hydrogen-bond donors (Lipinski definition) is 1. The predicted molar refractivity (Wildman–Crippen MR) is 127 cm³/mol. The fourth-order valence-corrected chi connectivity index (χ4v) is 7.81. The first-order valence-electron chi connectivity index (χ1n) is 11.7. The van der Waals surface area contributed by atoms with Crippen LogP contribution in [0.15, 0.2) is 15.8 Å². The molecule has 214 valence electrons. The monoisotopic (exact) mass is 585 g/mol. The van der Waals surface area contributed by atoms with E-state index in [1.54, 1.807) is 18.4 Å². The Kier molecular flexibility index (Phi) is 6.45. The summed E-state index contributed by atoms with van der Waals surface area (Å²) in [5.74, 6) is -3.59. The van der Waals surface area contributed by atoms with Crippen LogP contribution >= 0.6 is 0 Å². The molecule has 3 saturated heterocycles. The second-order valence-electron chi connectivity index (χ2n) is 11.3. The van der Waals surface area contributed by atoms with Crippen LogP contribution in [0, 0.1) is 6.92 Å². The van der Waals surface area contributed by atoms with E-state index < -0.39 is 88.9 Å². The van der Waals surface area contributed by atoms with Gasteiger partial charge in [-0.2, -0.15) is 21.6 Å². The fourth-order valence-electron chi connectivity index (χ4n) is 4.83. The van der Waals surface area contributed by atoms with Gasteiger partial charge in [0.05, 0.1) is 6.61 Å². The van der Waals surface area contributed by atoms with E-state index in [1.165, 1.54) is 20.2 Å². The average molecular weight is 586 g/mol. The molecule has 0 aromatic carbocycles. The van der Waals surface area contributed by atoms with Gasteiger partial charge in [0.15, 0.2) is 25.9 Å². The van der Waals surface area contributed by atoms with Gasteiger partial charge in [0, 0.05) is 18.8 Å². The minimum absolute atomic E-state index is 0.143. The molecule has 1 amide bonds. The van der Waals surface area contributed by atoms with E-state index in [0.717, 1.165) is 9.13 Å². The molecule has 4 heterocycles. The Labute approximate surface area is 217 Å². The summed E-state index contributed by atoms with van der Waals surface area (Å²) in [6, 6.07) is 0. The van der Waals surface area contributed by atoms with Crippen LogP contribution in [0.5, 0.6) is 0 Å². The number of nitrogens with one attached hydrogen (secondary N) is 1. The third kappa shape index (κ3) is 4.18. The van der Waals surface area contributed by atoms with E-state index >= 15 is 0 Å². The number of halogens is 3. The number of nitrogens with zero attached hydrogens (tertiary/aromatic N) is 2. The molecule has 1 N–H and O–H groups in total. The molecule has 3 aliphatic heterocycles. The van der Waals surface area contributed by atoms with E-state index in [-0.39, 0.29) is 5.56 Å². The van der Waals surface area contributed by atoms with Crippen LogP contribution in [-0.2, 0) is 40.0 Å². The summed E-state index contributed by atoms with van der Waals surface area (Å²) in [6.45, 7) is 10.2. The fraction of sp³-hybridized carbons (Fsp3) is 0.762. The van der Waals surface area contributed by atoms with Gasteiger partial charge in [-0.1, -0.05) is 20.8 Å². The third-order valence-corrected chi connectivity index (χ3v) is 13.5. The van der Waals surface area contributed by atoms with Gasteiger partial charge >= 0.3 is 17.8 Å². The van der Waals surface area contributed by atoms with Crippen LogP contribution in [0.1, 0.15) is 32.6 Å². The van der Waals surface area contributed by atoms with Gasteiger partial charge in [0.2, 0.25) is 0 Å². The molecule has 1 aromatic heterocycles. The van der Waals surface area contributed by atoms with Crippen LogP contribution < -0.4 is 16.6 Å². The van der Waals surface area contributed by atoms with Gasteiger partial charge in [-0.3, -0.25) is 22.9 Å². The number of aryl methyl sites for hydroxylation is 1. The van der Waals surface area contributed by atoms with Gasteiger partial charge in [-0.15, -0.1) is 0 Å². The Hall–Kier alpha value is -2.05. The quantitative estimate of drug-likeness (QED) is 0.398. The molecule has 1 spiro atoms. The highest BCUT2D eigenvalue weighted by molar-refractivity contribution is 7.87. The normalized spacial score (nSPS) is 32.7. The van der Waals surface area contributed by atoms with Crippen molar-refractivity contribution in [2.45, 2.75) is 81.8 Å². The van der Waals surface area contributed by atoms with Gasteiger partial charge in [-0.25, -0.2) is 4.79 Å². The molecule has 38 heavy (non-hydrogen) atoms. The number of ether oxygens (including phenoxy) is 2. The molecule has 1 aromatic rings. The molecular formula is C21H30F3N3O9SSi. The summed E-state index contributed by atoms with van der Waals surface area (Å²) in [7, 11) is -6.25. The van der Waals surface area contributed by atoms with Crippen LogP contribution in [0.3, 0.4) is 0 Å². The Morgan fingerprint density at radius 1 is 1.24 bits per heavy atom. The standard InChI is InChI=1S/C21H30F3N3O9SSi/c1-11-8-27(17(30)26(5)14(11)28)15-13(35-38(6,7)18(2,3)4)20-12(34-15)9-33-19(20,10-37(31,32)36-20)25-16(29)21(22,23)24/h8,12-13,15H,9-10H2,1-7H3,(H,25,29)/t12-,13+,15-,19?,20-/m1/s1. The van der Waals surface area contributed by atoms with Crippen molar-refractivity contribution in [1.29, 1.82) is 0 Å². The van der Waals surface area contributed by atoms with E-state index in [1.807, 2.05) is 20.8 Å². The second kappa shape index (κ2) is 8.47. The molecule has 0 aliphatic carbocycles. The molecule has 0 radical (unpaired) electrons. The van der Waals surface area contributed by atoms with Gasteiger partial charge in [-0.05, 0) is 25.1 Å². The van der Waals surface area contributed by atoms with Crippen molar-refractivity contribution in [1.82, 2.24) is 14.5 Å². The summed E-state index contributed by atoms with van der Waals surface area (Å²) < 4.78 is 91.2. The lowest BCUT2D eigenvalue weighted by Crippen LogP contribution is -2.70. The van der Waals surface area contributed by atoms with Crippen molar-refractivity contribution in [2.75, 3.05) is 12.4 Å². The molecule has 0 saturated carbocycles. The predicted octanol–water partition coefficient (Wildman–Crippen LogP) is 0.647. The van der Waals surface area contributed by atoms with E-state index in [9.17, 15) is 36.0 Å². The van der Waals surface area contributed by atoms with E-state index in [0.29, 0.717) is 0 Å². The van der Waals surface area contributed by atoms with Crippen LogP contribution in [0.4, 0.5) is 13.2 Å². The zero-order chi connectivity index (χ0) is 28.9. The summed E-state index contributed by atoms with van der Waals surface area (Å²) in [5.41, 5.74) is -6.12. The topological polar surface area (TPSA) is 144 Å². The third-order valence-electron chi connectivity index (χ3n) is 7.78. The Bertz CT molecular complexity index is 1400.